The number of hydrogen-bond donors (Lipinski definition) is 2. The van der Waals surface area contributed by atoms with Gasteiger partial charge in [-0.2, -0.15) is 11.8 Å². The third-order valence-electron chi connectivity index (χ3n) is 4.62. The summed E-state index contributed by atoms with van der Waals surface area (Å²) in [5, 5.41) is 2.58. The zero-order chi connectivity index (χ0) is 19.1. The number of ether oxygens (including phenoxy) is 1. The van der Waals surface area contributed by atoms with E-state index in [1.54, 1.807) is 11.8 Å². The highest BCUT2D eigenvalue weighted by atomic mass is 32.2. The van der Waals surface area contributed by atoms with E-state index in [-0.39, 0.29) is 12.0 Å². The number of benzene rings is 1. The standard InChI is InChI=1S/C19H29N3O3S/c1-13-4-5-14(2)17(12-13)25-15-6-9-22(10-7-15)18(23)16(8-11-26-3)21-19(20)24/h4-5,12,15-16H,6-11H2,1-3H3,(H3,20,21,24)/t16-/m1/s1. The summed E-state index contributed by atoms with van der Waals surface area (Å²) >= 11 is 1.64. The highest BCUT2D eigenvalue weighted by Crippen LogP contribution is 2.24. The second-order valence-electron chi connectivity index (χ2n) is 6.75. The third kappa shape index (κ3) is 5.83. The molecule has 1 aliphatic rings. The van der Waals surface area contributed by atoms with Crippen LogP contribution in [0.1, 0.15) is 30.4 Å². The lowest BCUT2D eigenvalue weighted by Crippen LogP contribution is -2.53. The van der Waals surface area contributed by atoms with Crippen molar-refractivity contribution >= 4 is 23.7 Å². The summed E-state index contributed by atoms with van der Waals surface area (Å²) < 4.78 is 6.15. The van der Waals surface area contributed by atoms with Crippen LogP contribution in [0.25, 0.3) is 0 Å². The number of thioether (sulfide) groups is 1. The first-order valence-corrected chi connectivity index (χ1v) is 10.4. The van der Waals surface area contributed by atoms with Gasteiger partial charge in [0.1, 0.15) is 17.9 Å². The zero-order valence-corrected chi connectivity index (χ0v) is 16.6. The largest absolute Gasteiger partial charge is 0.490 e. The number of nitrogens with one attached hydrogen (secondary N) is 1. The summed E-state index contributed by atoms with van der Waals surface area (Å²) in [4.78, 5) is 25.7. The van der Waals surface area contributed by atoms with E-state index in [2.05, 4.69) is 23.5 Å². The molecule has 1 heterocycles. The van der Waals surface area contributed by atoms with Gasteiger partial charge in [0, 0.05) is 25.9 Å². The van der Waals surface area contributed by atoms with E-state index < -0.39 is 12.1 Å². The van der Waals surface area contributed by atoms with Crippen molar-refractivity contribution in [3.05, 3.63) is 29.3 Å². The molecule has 2 rings (SSSR count). The van der Waals surface area contributed by atoms with Crippen molar-refractivity contribution in [1.82, 2.24) is 10.2 Å². The molecule has 1 saturated heterocycles. The lowest BCUT2D eigenvalue weighted by atomic mass is 10.1. The van der Waals surface area contributed by atoms with Crippen LogP contribution in [0.3, 0.4) is 0 Å². The molecule has 0 saturated carbocycles. The molecular weight excluding hydrogens is 350 g/mol. The first-order valence-electron chi connectivity index (χ1n) is 8.98. The molecule has 1 aromatic rings. The molecule has 3 N–H and O–H groups in total. The number of carbonyl (C=O) groups is 2. The van der Waals surface area contributed by atoms with Crippen molar-refractivity contribution in [3.8, 4) is 5.75 Å². The van der Waals surface area contributed by atoms with Crippen LogP contribution in [0.4, 0.5) is 4.79 Å². The van der Waals surface area contributed by atoms with Crippen molar-refractivity contribution in [2.45, 2.75) is 45.3 Å². The Morgan fingerprint density at radius 2 is 2.04 bits per heavy atom. The smallest absolute Gasteiger partial charge is 0.312 e. The number of amides is 3. The number of hydrogen-bond acceptors (Lipinski definition) is 4. The fraction of sp³-hybridized carbons (Fsp3) is 0.579. The second-order valence-corrected chi connectivity index (χ2v) is 7.74. The van der Waals surface area contributed by atoms with Crippen LogP contribution in [-0.2, 0) is 4.79 Å². The molecule has 1 atom stereocenters. The maximum absolute atomic E-state index is 12.7. The number of nitrogens with zero attached hydrogens (tertiary/aromatic N) is 1. The minimum Gasteiger partial charge on any atom is -0.490 e. The van der Waals surface area contributed by atoms with Crippen molar-refractivity contribution in [1.29, 1.82) is 0 Å². The van der Waals surface area contributed by atoms with E-state index in [4.69, 9.17) is 10.5 Å². The minimum absolute atomic E-state index is 0.0527. The lowest BCUT2D eigenvalue weighted by Gasteiger charge is -2.34. The van der Waals surface area contributed by atoms with Crippen LogP contribution in [0, 0.1) is 13.8 Å². The Hall–Kier alpha value is -1.89. The number of likely N-dealkylation sites (tertiary alicyclic amines) is 1. The van der Waals surface area contributed by atoms with Gasteiger partial charge in [-0.05, 0) is 49.5 Å². The van der Waals surface area contributed by atoms with Crippen LogP contribution >= 0.6 is 11.8 Å². The number of rotatable bonds is 7. The van der Waals surface area contributed by atoms with E-state index in [0.717, 1.165) is 29.9 Å². The van der Waals surface area contributed by atoms with Gasteiger partial charge in [0.2, 0.25) is 5.91 Å². The van der Waals surface area contributed by atoms with E-state index in [9.17, 15) is 9.59 Å². The SMILES string of the molecule is CSCC[C@@H](NC(N)=O)C(=O)N1CCC(Oc2cc(C)ccc2C)CC1. The average Bonchev–Trinajstić information content (AvgIpc) is 2.61. The van der Waals surface area contributed by atoms with Gasteiger partial charge in [0.25, 0.3) is 0 Å². The maximum atomic E-state index is 12.7. The van der Waals surface area contributed by atoms with E-state index in [1.807, 2.05) is 25.0 Å². The Morgan fingerprint density at radius 3 is 2.65 bits per heavy atom. The highest BCUT2D eigenvalue weighted by Gasteiger charge is 2.29. The molecule has 0 unspecified atom stereocenters. The third-order valence-corrected chi connectivity index (χ3v) is 5.26. The summed E-state index contributed by atoms with van der Waals surface area (Å²) in [5.74, 6) is 1.66. The predicted octanol–water partition coefficient (Wildman–Crippen LogP) is 2.46. The van der Waals surface area contributed by atoms with Crippen LogP contribution in [0.15, 0.2) is 18.2 Å². The average molecular weight is 380 g/mol. The number of piperidine rings is 1. The Morgan fingerprint density at radius 1 is 1.35 bits per heavy atom. The molecule has 26 heavy (non-hydrogen) atoms. The van der Waals surface area contributed by atoms with Crippen LogP contribution in [-0.4, -0.2) is 54.1 Å². The number of carbonyl (C=O) groups excluding carboxylic acids is 2. The van der Waals surface area contributed by atoms with Gasteiger partial charge in [-0.15, -0.1) is 0 Å². The Bertz CT molecular complexity index is 630. The molecule has 0 aromatic heterocycles. The predicted molar refractivity (Wildman–Crippen MR) is 106 cm³/mol. The number of primary amides is 1. The van der Waals surface area contributed by atoms with Gasteiger partial charge in [-0.25, -0.2) is 4.79 Å². The van der Waals surface area contributed by atoms with E-state index in [0.29, 0.717) is 19.5 Å². The molecule has 0 bridgehead atoms. The summed E-state index contributed by atoms with van der Waals surface area (Å²) in [5.41, 5.74) is 7.51. The second kappa shape index (κ2) is 9.71. The first kappa shape index (κ1) is 20.4. The fourth-order valence-corrected chi connectivity index (χ4v) is 3.56. The van der Waals surface area contributed by atoms with Gasteiger partial charge >= 0.3 is 6.03 Å². The highest BCUT2D eigenvalue weighted by molar-refractivity contribution is 7.98. The van der Waals surface area contributed by atoms with Crippen molar-refractivity contribution in [2.75, 3.05) is 25.1 Å². The Kier molecular flexibility index (Phi) is 7.63. The molecule has 144 valence electrons. The summed E-state index contributed by atoms with van der Waals surface area (Å²) in [6, 6.07) is 5.00. The molecule has 0 spiro atoms. The molecule has 1 fully saturated rings. The number of urea groups is 1. The summed E-state index contributed by atoms with van der Waals surface area (Å²) in [6.07, 6.45) is 4.23. The minimum atomic E-state index is -0.655. The van der Waals surface area contributed by atoms with Crippen molar-refractivity contribution in [2.24, 2.45) is 5.73 Å². The topological polar surface area (TPSA) is 84.7 Å². The molecule has 3 amide bonds. The zero-order valence-electron chi connectivity index (χ0n) is 15.8. The number of nitrogens with two attached hydrogens (primary N) is 1. The molecule has 6 nitrogen and oxygen atoms in total. The van der Waals surface area contributed by atoms with Crippen LogP contribution < -0.4 is 15.8 Å². The molecule has 7 heteroatoms. The van der Waals surface area contributed by atoms with Crippen molar-refractivity contribution < 1.29 is 14.3 Å². The normalized spacial score (nSPS) is 16.2. The number of aryl methyl sites for hydroxylation is 2. The van der Waals surface area contributed by atoms with Gasteiger partial charge in [0.05, 0.1) is 0 Å². The molecular formula is C19H29N3O3S. The van der Waals surface area contributed by atoms with E-state index in [1.165, 1.54) is 5.56 Å². The Balaban J connectivity index is 1.90. The first-order chi connectivity index (χ1) is 12.4. The van der Waals surface area contributed by atoms with Gasteiger partial charge in [-0.3, -0.25) is 4.79 Å². The molecule has 0 aliphatic carbocycles. The van der Waals surface area contributed by atoms with Crippen LogP contribution in [0.2, 0.25) is 0 Å². The molecule has 1 aromatic carbocycles. The summed E-state index contributed by atoms with van der Waals surface area (Å²) in [6.45, 7) is 5.35. The lowest BCUT2D eigenvalue weighted by molar-refractivity contribution is -0.135. The van der Waals surface area contributed by atoms with Crippen molar-refractivity contribution in [3.63, 3.8) is 0 Å². The van der Waals surface area contributed by atoms with E-state index >= 15 is 0 Å². The monoisotopic (exact) mass is 379 g/mol. The van der Waals surface area contributed by atoms with Crippen LogP contribution in [0.5, 0.6) is 5.75 Å². The molecule has 1 aliphatic heterocycles. The van der Waals surface area contributed by atoms with Gasteiger partial charge in [-0.1, -0.05) is 12.1 Å². The van der Waals surface area contributed by atoms with Gasteiger partial charge in [0.15, 0.2) is 0 Å². The molecule has 0 radical (unpaired) electrons. The van der Waals surface area contributed by atoms with Gasteiger partial charge < -0.3 is 20.7 Å². The quantitative estimate of drug-likeness (QED) is 0.762. The summed E-state index contributed by atoms with van der Waals surface area (Å²) in [7, 11) is 0. The fourth-order valence-electron chi connectivity index (χ4n) is 3.09. The Labute approximate surface area is 159 Å². The maximum Gasteiger partial charge on any atom is 0.312 e.